The predicted octanol–water partition coefficient (Wildman–Crippen LogP) is 0.276. The number of carbonyl (C=O) groups excluding carboxylic acids is 1. The molecule has 0 aliphatic carbocycles. The fourth-order valence-corrected chi connectivity index (χ4v) is 0.790. The molecule has 2 unspecified atom stereocenters. The minimum Gasteiger partial charge on any atom is -0.461 e. The standard InChI is InChI=1S/C9H17O4/c1-3-4-5-8(11)9(12)13-6-7(2)10/h7-8,10-11H,2-6H2,1H3. The number of hydrogen-bond acceptors (Lipinski definition) is 4. The molecular formula is C9H17O4. The van der Waals surface area contributed by atoms with E-state index in [9.17, 15) is 9.90 Å². The molecule has 0 aromatic rings. The van der Waals surface area contributed by atoms with Gasteiger partial charge in [-0.2, -0.15) is 0 Å². The van der Waals surface area contributed by atoms with Gasteiger partial charge in [-0.15, -0.1) is 0 Å². The molecule has 0 amide bonds. The number of carbonyl (C=O) groups is 1. The third-order valence-electron chi connectivity index (χ3n) is 1.52. The number of esters is 1. The van der Waals surface area contributed by atoms with Crippen LogP contribution in [0.3, 0.4) is 0 Å². The topological polar surface area (TPSA) is 66.8 Å². The summed E-state index contributed by atoms with van der Waals surface area (Å²) in [5, 5.41) is 17.9. The van der Waals surface area contributed by atoms with Gasteiger partial charge >= 0.3 is 5.97 Å². The van der Waals surface area contributed by atoms with E-state index in [0.717, 1.165) is 12.8 Å². The molecule has 0 bridgehead atoms. The van der Waals surface area contributed by atoms with Gasteiger partial charge in [0.25, 0.3) is 0 Å². The lowest BCUT2D eigenvalue weighted by Gasteiger charge is -2.10. The fourth-order valence-electron chi connectivity index (χ4n) is 0.790. The highest BCUT2D eigenvalue weighted by Crippen LogP contribution is 2.02. The van der Waals surface area contributed by atoms with Crippen LogP contribution in [-0.2, 0) is 9.53 Å². The van der Waals surface area contributed by atoms with Gasteiger partial charge in [-0.3, -0.25) is 0 Å². The number of aliphatic hydroxyl groups is 2. The van der Waals surface area contributed by atoms with Crippen LogP contribution >= 0.6 is 0 Å². The Morgan fingerprint density at radius 2 is 2.15 bits per heavy atom. The largest absolute Gasteiger partial charge is 0.461 e. The SMILES string of the molecule is [CH2]C(O)COC(=O)C(O)CCCC. The van der Waals surface area contributed by atoms with E-state index in [2.05, 4.69) is 11.7 Å². The molecule has 0 saturated carbocycles. The normalized spacial score (nSPS) is 15.1. The third-order valence-corrected chi connectivity index (χ3v) is 1.52. The van der Waals surface area contributed by atoms with Crippen LogP contribution in [0.15, 0.2) is 0 Å². The Kier molecular flexibility index (Phi) is 6.54. The van der Waals surface area contributed by atoms with Crippen molar-refractivity contribution < 1.29 is 19.7 Å². The molecule has 0 saturated heterocycles. The first-order chi connectivity index (χ1) is 6.07. The second-order valence-electron chi connectivity index (χ2n) is 2.94. The van der Waals surface area contributed by atoms with Crippen molar-refractivity contribution in [2.75, 3.05) is 6.61 Å². The number of unbranched alkanes of at least 4 members (excludes halogenated alkanes) is 1. The molecule has 0 spiro atoms. The molecule has 0 rings (SSSR count). The molecule has 1 radical (unpaired) electrons. The van der Waals surface area contributed by atoms with Crippen molar-refractivity contribution >= 4 is 5.97 Å². The van der Waals surface area contributed by atoms with Crippen LogP contribution in [0.5, 0.6) is 0 Å². The van der Waals surface area contributed by atoms with Crippen molar-refractivity contribution in [1.29, 1.82) is 0 Å². The van der Waals surface area contributed by atoms with Crippen molar-refractivity contribution in [3.8, 4) is 0 Å². The lowest BCUT2D eigenvalue weighted by atomic mass is 10.2. The van der Waals surface area contributed by atoms with E-state index in [0.29, 0.717) is 6.42 Å². The van der Waals surface area contributed by atoms with Gasteiger partial charge in [-0.1, -0.05) is 19.8 Å². The van der Waals surface area contributed by atoms with Gasteiger partial charge in [0.15, 0.2) is 6.10 Å². The molecule has 0 aliphatic heterocycles. The molecule has 4 heteroatoms. The highest BCUT2D eigenvalue weighted by Gasteiger charge is 2.16. The second-order valence-corrected chi connectivity index (χ2v) is 2.94. The monoisotopic (exact) mass is 189 g/mol. The molecule has 0 aromatic carbocycles. The van der Waals surface area contributed by atoms with Crippen LogP contribution in [0.25, 0.3) is 0 Å². The Hall–Kier alpha value is -0.610. The minimum absolute atomic E-state index is 0.165. The molecule has 0 fully saturated rings. The zero-order valence-electron chi connectivity index (χ0n) is 7.90. The average molecular weight is 189 g/mol. The van der Waals surface area contributed by atoms with Crippen molar-refractivity contribution in [1.82, 2.24) is 0 Å². The van der Waals surface area contributed by atoms with Crippen LogP contribution in [0.1, 0.15) is 26.2 Å². The van der Waals surface area contributed by atoms with E-state index in [1.54, 1.807) is 0 Å². The van der Waals surface area contributed by atoms with Crippen molar-refractivity contribution in [2.45, 2.75) is 38.4 Å². The Morgan fingerprint density at radius 3 is 2.62 bits per heavy atom. The van der Waals surface area contributed by atoms with Crippen LogP contribution in [0, 0.1) is 6.92 Å². The van der Waals surface area contributed by atoms with Crippen LogP contribution in [0.4, 0.5) is 0 Å². The number of aliphatic hydroxyl groups excluding tert-OH is 2. The van der Waals surface area contributed by atoms with Crippen LogP contribution in [-0.4, -0.2) is 35.0 Å². The zero-order valence-corrected chi connectivity index (χ0v) is 7.90. The summed E-state index contributed by atoms with van der Waals surface area (Å²) in [6, 6.07) is 0. The molecule has 2 atom stereocenters. The fraction of sp³-hybridized carbons (Fsp3) is 0.778. The zero-order chi connectivity index (χ0) is 10.3. The second kappa shape index (κ2) is 6.86. The lowest BCUT2D eigenvalue weighted by Crippen LogP contribution is -2.26. The quantitative estimate of drug-likeness (QED) is 0.589. The summed E-state index contributed by atoms with van der Waals surface area (Å²) < 4.78 is 4.56. The molecule has 0 aliphatic rings. The summed E-state index contributed by atoms with van der Waals surface area (Å²) >= 11 is 0. The van der Waals surface area contributed by atoms with Crippen molar-refractivity contribution in [3.05, 3.63) is 6.92 Å². The first-order valence-electron chi connectivity index (χ1n) is 4.43. The third kappa shape index (κ3) is 6.54. The smallest absolute Gasteiger partial charge is 0.335 e. The maximum Gasteiger partial charge on any atom is 0.335 e. The van der Waals surface area contributed by atoms with Crippen LogP contribution in [0.2, 0.25) is 0 Å². The van der Waals surface area contributed by atoms with E-state index >= 15 is 0 Å². The highest BCUT2D eigenvalue weighted by molar-refractivity contribution is 5.74. The van der Waals surface area contributed by atoms with E-state index < -0.39 is 18.2 Å². The summed E-state index contributed by atoms with van der Waals surface area (Å²) in [6.07, 6.45) is 0.106. The van der Waals surface area contributed by atoms with Gasteiger partial charge < -0.3 is 14.9 Å². The van der Waals surface area contributed by atoms with Gasteiger partial charge in [0.1, 0.15) is 6.61 Å². The van der Waals surface area contributed by atoms with E-state index in [1.165, 1.54) is 0 Å². The predicted molar refractivity (Wildman–Crippen MR) is 47.9 cm³/mol. The molecular weight excluding hydrogens is 172 g/mol. The Morgan fingerprint density at radius 1 is 1.54 bits per heavy atom. The number of rotatable bonds is 6. The summed E-state index contributed by atoms with van der Waals surface area (Å²) in [6.45, 7) is 5.03. The van der Waals surface area contributed by atoms with Gasteiger partial charge in [-0.05, 0) is 13.3 Å². The van der Waals surface area contributed by atoms with Gasteiger partial charge in [-0.25, -0.2) is 4.79 Å². The summed E-state index contributed by atoms with van der Waals surface area (Å²) in [7, 11) is 0. The van der Waals surface area contributed by atoms with Crippen LogP contribution < -0.4 is 0 Å². The highest BCUT2D eigenvalue weighted by atomic mass is 16.6. The molecule has 0 heterocycles. The minimum atomic E-state index is -1.07. The molecule has 13 heavy (non-hydrogen) atoms. The summed E-state index contributed by atoms with van der Waals surface area (Å²) in [5.74, 6) is -0.684. The summed E-state index contributed by atoms with van der Waals surface area (Å²) in [5.41, 5.74) is 0. The van der Waals surface area contributed by atoms with E-state index in [4.69, 9.17) is 5.11 Å². The first-order valence-corrected chi connectivity index (χ1v) is 4.43. The average Bonchev–Trinajstić information content (AvgIpc) is 2.10. The van der Waals surface area contributed by atoms with Gasteiger partial charge in [0.05, 0.1) is 6.10 Å². The molecule has 77 valence electrons. The number of ether oxygens (including phenoxy) is 1. The Bertz CT molecular complexity index is 145. The Labute approximate surface area is 78.5 Å². The van der Waals surface area contributed by atoms with Gasteiger partial charge in [0.2, 0.25) is 0 Å². The van der Waals surface area contributed by atoms with Crippen molar-refractivity contribution in [2.24, 2.45) is 0 Å². The lowest BCUT2D eigenvalue weighted by molar-refractivity contribution is -0.156. The van der Waals surface area contributed by atoms with E-state index in [1.807, 2.05) is 6.92 Å². The maximum absolute atomic E-state index is 10.9. The number of hydrogen-bond donors (Lipinski definition) is 2. The summed E-state index contributed by atoms with van der Waals surface area (Å²) in [4.78, 5) is 10.9. The molecule has 4 nitrogen and oxygen atoms in total. The Balaban J connectivity index is 3.57. The first kappa shape index (κ1) is 12.4. The van der Waals surface area contributed by atoms with Gasteiger partial charge in [0, 0.05) is 0 Å². The van der Waals surface area contributed by atoms with E-state index in [-0.39, 0.29) is 6.61 Å². The maximum atomic E-state index is 10.9. The van der Waals surface area contributed by atoms with Crippen molar-refractivity contribution in [3.63, 3.8) is 0 Å². The molecule has 2 N–H and O–H groups in total. The molecule has 0 aromatic heterocycles.